The molecule has 0 aliphatic rings. The van der Waals surface area contributed by atoms with Crippen molar-refractivity contribution < 1.29 is 14.3 Å². The SMILES string of the molecule is COc1ccccc1C(=O)C(C#N)C(C)=O. The van der Waals surface area contributed by atoms with Crippen molar-refractivity contribution in [2.45, 2.75) is 6.92 Å². The van der Waals surface area contributed by atoms with E-state index in [2.05, 4.69) is 0 Å². The molecular formula is C12H11NO3. The van der Waals surface area contributed by atoms with E-state index in [1.807, 2.05) is 0 Å². The summed E-state index contributed by atoms with van der Waals surface area (Å²) < 4.78 is 5.00. The van der Waals surface area contributed by atoms with Gasteiger partial charge in [0.1, 0.15) is 5.75 Å². The number of rotatable bonds is 4. The van der Waals surface area contributed by atoms with Crippen molar-refractivity contribution in [2.75, 3.05) is 7.11 Å². The molecule has 0 heterocycles. The first-order valence-electron chi connectivity index (χ1n) is 4.69. The molecule has 0 saturated heterocycles. The predicted molar refractivity (Wildman–Crippen MR) is 57.1 cm³/mol. The van der Waals surface area contributed by atoms with Crippen LogP contribution < -0.4 is 4.74 Å². The van der Waals surface area contributed by atoms with Gasteiger partial charge in [-0.05, 0) is 19.1 Å². The summed E-state index contributed by atoms with van der Waals surface area (Å²) in [6.07, 6.45) is 0. The van der Waals surface area contributed by atoms with E-state index < -0.39 is 17.5 Å². The third-order valence-electron chi connectivity index (χ3n) is 2.17. The van der Waals surface area contributed by atoms with Gasteiger partial charge in [0.15, 0.2) is 17.5 Å². The maximum atomic E-state index is 11.9. The highest BCUT2D eigenvalue weighted by Crippen LogP contribution is 2.21. The van der Waals surface area contributed by atoms with Crippen LogP contribution >= 0.6 is 0 Å². The van der Waals surface area contributed by atoms with Gasteiger partial charge in [0.25, 0.3) is 0 Å². The Morgan fingerprint density at radius 2 is 2.00 bits per heavy atom. The van der Waals surface area contributed by atoms with Gasteiger partial charge in [-0.2, -0.15) is 5.26 Å². The van der Waals surface area contributed by atoms with Crippen molar-refractivity contribution in [1.29, 1.82) is 5.26 Å². The smallest absolute Gasteiger partial charge is 0.191 e. The summed E-state index contributed by atoms with van der Waals surface area (Å²) in [5, 5.41) is 8.76. The van der Waals surface area contributed by atoms with Crippen LogP contribution in [0.1, 0.15) is 17.3 Å². The molecule has 1 unspecified atom stereocenters. The van der Waals surface area contributed by atoms with Crippen LogP contribution in [0.25, 0.3) is 0 Å². The van der Waals surface area contributed by atoms with Gasteiger partial charge >= 0.3 is 0 Å². The number of ketones is 2. The minimum Gasteiger partial charge on any atom is -0.496 e. The van der Waals surface area contributed by atoms with Crippen LogP contribution in [0.4, 0.5) is 0 Å². The molecule has 0 bridgehead atoms. The average Bonchev–Trinajstić information content (AvgIpc) is 2.29. The zero-order valence-electron chi connectivity index (χ0n) is 9.06. The number of carbonyl (C=O) groups is 2. The van der Waals surface area contributed by atoms with Crippen molar-refractivity contribution in [3.05, 3.63) is 29.8 Å². The molecule has 0 amide bonds. The van der Waals surface area contributed by atoms with Gasteiger partial charge in [0.05, 0.1) is 18.7 Å². The number of Topliss-reactive ketones (excluding diaryl/α,β-unsaturated/α-hetero) is 2. The highest BCUT2D eigenvalue weighted by molar-refractivity contribution is 6.13. The number of carbonyl (C=O) groups excluding carboxylic acids is 2. The lowest BCUT2D eigenvalue weighted by Gasteiger charge is -2.08. The Labute approximate surface area is 93.5 Å². The minimum absolute atomic E-state index is 0.256. The van der Waals surface area contributed by atoms with E-state index in [4.69, 9.17) is 10.00 Å². The monoisotopic (exact) mass is 217 g/mol. The molecule has 4 nitrogen and oxygen atoms in total. The average molecular weight is 217 g/mol. The van der Waals surface area contributed by atoms with Gasteiger partial charge in [-0.25, -0.2) is 0 Å². The molecule has 0 saturated carbocycles. The minimum atomic E-state index is -1.25. The number of nitrogens with zero attached hydrogens (tertiary/aromatic N) is 1. The third-order valence-corrected chi connectivity index (χ3v) is 2.17. The number of hydrogen-bond acceptors (Lipinski definition) is 4. The molecule has 0 spiro atoms. The lowest BCUT2D eigenvalue weighted by Crippen LogP contribution is -2.20. The molecular weight excluding hydrogens is 206 g/mol. The number of ether oxygens (including phenoxy) is 1. The van der Waals surface area contributed by atoms with Crippen molar-refractivity contribution in [1.82, 2.24) is 0 Å². The first kappa shape index (κ1) is 11.9. The summed E-state index contributed by atoms with van der Waals surface area (Å²) in [4.78, 5) is 23.0. The highest BCUT2D eigenvalue weighted by atomic mass is 16.5. The van der Waals surface area contributed by atoms with Crippen LogP contribution in [-0.2, 0) is 4.79 Å². The third kappa shape index (κ3) is 2.26. The van der Waals surface area contributed by atoms with Crippen molar-refractivity contribution in [3.8, 4) is 11.8 Å². The lowest BCUT2D eigenvalue weighted by molar-refractivity contribution is -0.118. The number of methoxy groups -OCH3 is 1. The molecule has 0 fully saturated rings. The molecule has 4 heteroatoms. The molecule has 1 aromatic carbocycles. The first-order chi connectivity index (χ1) is 7.61. The van der Waals surface area contributed by atoms with E-state index in [1.54, 1.807) is 24.3 Å². The number of nitriles is 1. The number of hydrogen-bond donors (Lipinski definition) is 0. The molecule has 16 heavy (non-hydrogen) atoms. The lowest BCUT2D eigenvalue weighted by atomic mass is 9.95. The fraction of sp³-hybridized carbons (Fsp3) is 0.250. The van der Waals surface area contributed by atoms with Gasteiger partial charge in [-0.1, -0.05) is 12.1 Å². The molecule has 0 radical (unpaired) electrons. The van der Waals surface area contributed by atoms with E-state index in [-0.39, 0.29) is 5.56 Å². The second-order valence-electron chi connectivity index (χ2n) is 3.24. The van der Waals surface area contributed by atoms with Crippen LogP contribution in [0.2, 0.25) is 0 Å². The van der Waals surface area contributed by atoms with Crippen LogP contribution in [0, 0.1) is 17.2 Å². The van der Waals surface area contributed by atoms with Crippen molar-refractivity contribution >= 4 is 11.6 Å². The van der Waals surface area contributed by atoms with Crippen LogP contribution in [0.5, 0.6) is 5.75 Å². The Kier molecular flexibility index (Phi) is 3.78. The van der Waals surface area contributed by atoms with E-state index in [9.17, 15) is 9.59 Å². The van der Waals surface area contributed by atoms with Crippen LogP contribution in [0.3, 0.4) is 0 Å². The molecule has 0 aliphatic carbocycles. The highest BCUT2D eigenvalue weighted by Gasteiger charge is 2.26. The molecule has 0 N–H and O–H groups in total. The number of para-hydroxylation sites is 1. The van der Waals surface area contributed by atoms with E-state index >= 15 is 0 Å². The van der Waals surface area contributed by atoms with E-state index in [1.165, 1.54) is 20.1 Å². The summed E-state index contributed by atoms with van der Waals surface area (Å²) >= 11 is 0. The Morgan fingerprint density at radius 1 is 1.38 bits per heavy atom. The van der Waals surface area contributed by atoms with Gasteiger partial charge in [-0.3, -0.25) is 9.59 Å². The summed E-state index contributed by atoms with van der Waals surface area (Å²) in [6.45, 7) is 1.22. The summed E-state index contributed by atoms with van der Waals surface area (Å²) in [6, 6.07) is 8.22. The summed E-state index contributed by atoms with van der Waals surface area (Å²) in [7, 11) is 1.43. The molecule has 0 aliphatic heterocycles. The zero-order chi connectivity index (χ0) is 12.1. The normalized spacial score (nSPS) is 11.3. The van der Waals surface area contributed by atoms with Gasteiger partial charge in [-0.15, -0.1) is 0 Å². The van der Waals surface area contributed by atoms with E-state index in [0.29, 0.717) is 5.75 Å². The predicted octanol–water partition coefficient (Wildman–Crippen LogP) is 1.61. The van der Waals surface area contributed by atoms with Crippen LogP contribution in [-0.4, -0.2) is 18.7 Å². The van der Waals surface area contributed by atoms with Crippen molar-refractivity contribution in [3.63, 3.8) is 0 Å². The maximum absolute atomic E-state index is 11.9. The molecule has 1 atom stereocenters. The first-order valence-corrected chi connectivity index (χ1v) is 4.69. The fourth-order valence-electron chi connectivity index (χ4n) is 1.34. The largest absolute Gasteiger partial charge is 0.496 e. The van der Waals surface area contributed by atoms with Crippen LogP contribution in [0.15, 0.2) is 24.3 Å². The number of benzene rings is 1. The molecule has 82 valence electrons. The van der Waals surface area contributed by atoms with E-state index in [0.717, 1.165) is 0 Å². The Bertz CT molecular complexity index is 460. The summed E-state index contributed by atoms with van der Waals surface area (Å²) in [5.74, 6) is -1.86. The van der Waals surface area contributed by atoms with Gasteiger partial charge < -0.3 is 4.74 Å². The maximum Gasteiger partial charge on any atom is 0.191 e. The standard InChI is InChI=1S/C12H11NO3/c1-8(14)10(7-13)12(15)9-5-3-4-6-11(9)16-2/h3-6,10H,1-2H3. The molecule has 1 rings (SSSR count). The fourth-order valence-corrected chi connectivity index (χ4v) is 1.34. The second-order valence-corrected chi connectivity index (χ2v) is 3.24. The quantitative estimate of drug-likeness (QED) is 0.567. The Hall–Kier alpha value is -2.15. The van der Waals surface area contributed by atoms with Gasteiger partial charge in [0.2, 0.25) is 0 Å². The summed E-state index contributed by atoms with van der Waals surface area (Å²) in [5.41, 5.74) is 0.256. The second kappa shape index (κ2) is 5.08. The molecule has 1 aromatic rings. The molecule has 0 aromatic heterocycles. The Balaban J connectivity index is 3.14. The Morgan fingerprint density at radius 3 is 2.50 bits per heavy atom. The van der Waals surface area contributed by atoms with Crippen molar-refractivity contribution in [2.24, 2.45) is 5.92 Å². The topological polar surface area (TPSA) is 67.2 Å². The zero-order valence-corrected chi connectivity index (χ0v) is 9.06. The van der Waals surface area contributed by atoms with Gasteiger partial charge in [0, 0.05) is 0 Å².